The normalized spacial score (nSPS) is 11.6. The quantitative estimate of drug-likeness (QED) is 0.912. The molecule has 7 heteroatoms. The van der Waals surface area contributed by atoms with Crippen molar-refractivity contribution in [2.24, 2.45) is 0 Å². The third-order valence-electron chi connectivity index (χ3n) is 2.60. The van der Waals surface area contributed by atoms with E-state index in [0.717, 1.165) is 10.7 Å². The van der Waals surface area contributed by atoms with Crippen LogP contribution in [0.1, 0.15) is 21.6 Å². The Balaban J connectivity index is 2.48. The molecule has 0 saturated carbocycles. The number of carbonyl (C=O) groups is 1. The standard InChI is InChI=1S/C12H9F3N2O2/c1-7-2-3-8(6-9(7)12(13,14)15)17-5-4-10(16-17)11(18)19/h2-6H,1H3,(H,18,19). The largest absolute Gasteiger partial charge is 0.476 e. The highest BCUT2D eigenvalue weighted by atomic mass is 19.4. The molecule has 19 heavy (non-hydrogen) atoms. The Hall–Kier alpha value is -2.31. The van der Waals surface area contributed by atoms with E-state index in [2.05, 4.69) is 5.10 Å². The van der Waals surface area contributed by atoms with Crippen molar-refractivity contribution in [1.82, 2.24) is 9.78 Å². The summed E-state index contributed by atoms with van der Waals surface area (Å²) in [6, 6.07) is 4.92. The van der Waals surface area contributed by atoms with Gasteiger partial charge in [-0.3, -0.25) is 0 Å². The van der Waals surface area contributed by atoms with Crippen molar-refractivity contribution in [3.05, 3.63) is 47.3 Å². The molecule has 0 spiro atoms. The average molecular weight is 270 g/mol. The van der Waals surface area contributed by atoms with Gasteiger partial charge in [-0.2, -0.15) is 18.3 Å². The number of hydrogen-bond acceptors (Lipinski definition) is 2. The van der Waals surface area contributed by atoms with Crippen LogP contribution in [0.3, 0.4) is 0 Å². The zero-order valence-corrected chi connectivity index (χ0v) is 9.77. The molecule has 0 radical (unpaired) electrons. The van der Waals surface area contributed by atoms with E-state index in [4.69, 9.17) is 5.11 Å². The van der Waals surface area contributed by atoms with Crippen molar-refractivity contribution >= 4 is 5.97 Å². The van der Waals surface area contributed by atoms with Crippen LogP contribution in [0.25, 0.3) is 5.69 Å². The number of carboxylic acid groups (broad SMARTS) is 1. The fourth-order valence-corrected chi connectivity index (χ4v) is 1.64. The lowest BCUT2D eigenvalue weighted by molar-refractivity contribution is -0.138. The number of nitrogens with zero attached hydrogens (tertiary/aromatic N) is 2. The Morgan fingerprint density at radius 2 is 2.00 bits per heavy atom. The molecule has 0 aliphatic rings. The van der Waals surface area contributed by atoms with E-state index < -0.39 is 17.7 Å². The summed E-state index contributed by atoms with van der Waals surface area (Å²) < 4.78 is 39.4. The number of halogens is 3. The van der Waals surface area contributed by atoms with Gasteiger partial charge in [-0.25, -0.2) is 9.48 Å². The van der Waals surface area contributed by atoms with Crippen molar-refractivity contribution < 1.29 is 23.1 Å². The van der Waals surface area contributed by atoms with E-state index >= 15 is 0 Å². The van der Waals surface area contributed by atoms with Crippen LogP contribution in [-0.2, 0) is 6.18 Å². The van der Waals surface area contributed by atoms with Crippen LogP contribution >= 0.6 is 0 Å². The topological polar surface area (TPSA) is 55.1 Å². The number of aromatic nitrogens is 2. The van der Waals surface area contributed by atoms with Crippen LogP contribution in [-0.4, -0.2) is 20.9 Å². The third kappa shape index (κ3) is 2.59. The average Bonchev–Trinajstić information content (AvgIpc) is 2.77. The van der Waals surface area contributed by atoms with Crippen molar-refractivity contribution in [2.45, 2.75) is 13.1 Å². The molecule has 0 aliphatic heterocycles. The molecule has 100 valence electrons. The van der Waals surface area contributed by atoms with Crippen molar-refractivity contribution in [3.63, 3.8) is 0 Å². The second-order valence-electron chi connectivity index (χ2n) is 3.95. The molecule has 0 aliphatic carbocycles. The highest BCUT2D eigenvalue weighted by Crippen LogP contribution is 2.32. The lowest BCUT2D eigenvalue weighted by atomic mass is 10.1. The van der Waals surface area contributed by atoms with Crippen molar-refractivity contribution in [3.8, 4) is 5.69 Å². The zero-order chi connectivity index (χ0) is 14.2. The number of rotatable bonds is 2. The second-order valence-corrected chi connectivity index (χ2v) is 3.95. The molecule has 0 amide bonds. The monoisotopic (exact) mass is 270 g/mol. The first-order valence-corrected chi connectivity index (χ1v) is 5.26. The number of alkyl halides is 3. The van der Waals surface area contributed by atoms with Gasteiger partial charge >= 0.3 is 12.1 Å². The maximum atomic E-state index is 12.8. The molecule has 0 atom stereocenters. The first-order valence-electron chi connectivity index (χ1n) is 5.26. The van der Waals surface area contributed by atoms with Gasteiger partial charge in [-0.15, -0.1) is 0 Å². The Morgan fingerprint density at radius 1 is 1.32 bits per heavy atom. The van der Waals surface area contributed by atoms with Crippen LogP contribution < -0.4 is 0 Å². The van der Waals surface area contributed by atoms with E-state index in [1.165, 1.54) is 31.3 Å². The molecule has 1 heterocycles. The minimum Gasteiger partial charge on any atom is -0.476 e. The molecule has 1 aromatic heterocycles. The smallest absolute Gasteiger partial charge is 0.416 e. The summed E-state index contributed by atoms with van der Waals surface area (Å²) in [4.78, 5) is 10.7. The van der Waals surface area contributed by atoms with Crippen LogP contribution in [0, 0.1) is 6.92 Å². The lowest BCUT2D eigenvalue weighted by Gasteiger charge is -2.12. The summed E-state index contributed by atoms with van der Waals surface area (Å²) in [5.41, 5.74) is -0.737. The fourth-order valence-electron chi connectivity index (χ4n) is 1.64. The number of benzene rings is 1. The van der Waals surface area contributed by atoms with E-state index in [1.807, 2.05) is 0 Å². The van der Waals surface area contributed by atoms with Crippen LogP contribution in [0.2, 0.25) is 0 Å². The van der Waals surface area contributed by atoms with E-state index in [0.29, 0.717) is 0 Å². The van der Waals surface area contributed by atoms with E-state index in [1.54, 1.807) is 0 Å². The molecule has 1 aromatic carbocycles. The predicted molar refractivity (Wildman–Crippen MR) is 60.3 cm³/mol. The molecule has 0 saturated heterocycles. The van der Waals surface area contributed by atoms with E-state index in [-0.39, 0.29) is 16.9 Å². The van der Waals surface area contributed by atoms with Crippen molar-refractivity contribution in [2.75, 3.05) is 0 Å². The Morgan fingerprint density at radius 3 is 2.53 bits per heavy atom. The Labute approximate surface area is 106 Å². The van der Waals surface area contributed by atoms with Gasteiger partial charge in [0.1, 0.15) is 0 Å². The summed E-state index contributed by atoms with van der Waals surface area (Å²) in [7, 11) is 0. The molecule has 1 N–H and O–H groups in total. The summed E-state index contributed by atoms with van der Waals surface area (Å²) >= 11 is 0. The maximum Gasteiger partial charge on any atom is 0.416 e. The van der Waals surface area contributed by atoms with Crippen LogP contribution in [0.4, 0.5) is 13.2 Å². The van der Waals surface area contributed by atoms with Gasteiger partial charge in [-0.1, -0.05) is 6.07 Å². The molecule has 0 bridgehead atoms. The molecule has 0 unspecified atom stereocenters. The van der Waals surface area contributed by atoms with Crippen molar-refractivity contribution in [1.29, 1.82) is 0 Å². The van der Waals surface area contributed by atoms with Gasteiger partial charge in [0.15, 0.2) is 5.69 Å². The second kappa shape index (κ2) is 4.42. The first-order chi connectivity index (χ1) is 8.79. The highest BCUT2D eigenvalue weighted by Gasteiger charge is 2.32. The van der Waals surface area contributed by atoms with E-state index in [9.17, 15) is 18.0 Å². The summed E-state index contributed by atoms with van der Waals surface area (Å²) in [6.45, 7) is 1.36. The molecular weight excluding hydrogens is 261 g/mol. The van der Waals surface area contributed by atoms with Gasteiger partial charge < -0.3 is 5.11 Å². The molecule has 4 nitrogen and oxygen atoms in total. The summed E-state index contributed by atoms with van der Waals surface area (Å²) in [6.07, 6.45) is -3.16. The fraction of sp³-hybridized carbons (Fsp3) is 0.167. The third-order valence-corrected chi connectivity index (χ3v) is 2.60. The Kier molecular flexibility index (Phi) is 3.05. The maximum absolute atomic E-state index is 12.8. The highest BCUT2D eigenvalue weighted by molar-refractivity contribution is 5.85. The van der Waals surface area contributed by atoms with Gasteiger partial charge in [0.25, 0.3) is 0 Å². The van der Waals surface area contributed by atoms with Crippen LogP contribution in [0.5, 0.6) is 0 Å². The predicted octanol–water partition coefficient (Wildman–Crippen LogP) is 2.90. The first kappa shape index (κ1) is 13.1. The number of aromatic carboxylic acids is 1. The number of aryl methyl sites for hydroxylation is 1. The minimum absolute atomic E-state index is 0.0989. The van der Waals surface area contributed by atoms with Gasteiger partial charge in [0.05, 0.1) is 11.3 Å². The Bertz CT molecular complexity index is 632. The SMILES string of the molecule is Cc1ccc(-n2ccc(C(=O)O)n2)cc1C(F)(F)F. The molecule has 2 rings (SSSR count). The molecule has 2 aromatic rings. The van der Waals surface area contributed by atoms with Gasteiger partial charge in [0.2, 0.25) is 0 Å². The lowest BCUT2D eigenvalue weighted by Crippen LogP contribution is -2.09. The number of carboxylic acids is 1. The van der Waals surface area contributed by atoms with Crippen LogP contribution in [0.15, 0.2) is 30.5 Å². The summed E-state index contributed by atoms with van der Waals surface area (Å²) in [5, 5.41) is 12.4. The zero-order valence-electron chi connectivity index (χ0n) is 9.77. The summed E-state index contributed by atoms with van der Waals surface area (Å²) in [5.74, 6) is -1.23. The van der Waals surface area contributed by atoms with Gasteiger partial charge in [-0.05, 0) is 30.7 Å². The number of hydrogen-bond donors (Lipinski definition) is 1. The van der Waals surface area contributed by atoms with Gasteiger partial charge in [0, 0.05) is 6.20 Å². The molecular formula is C12H9F3N2O2. The molecule has 0 fully saturated rings. The minimum atomic E-state index is -4.46.